The molecule has 10 heteroatoms. The van der Waals surface area contributed by atoms with E-state index in [0.717, 1.165) is 53.3 Å². The molecule has 1 aromatic carbocycles. The first kappa shape index (κ1) is 24.3. The summed E-state index contributed by atoms with van der Waals surface area (Å²) in [6, 6.07) is 9.45. The number of carboxylic acid groups (broad SMARTS) is 1. The van der Waals surface area contributed by atoms with Crippen LogP contribution in [0.5, 0.6) is 5.88 Å². The van der Waals surface area contributed by atoms with Gasteiger partial charge in [-0.15, -0.1) is 0 Å². The van der Waals surface area contributed by atoms with Crippen LogP contribution in [0.3, 0.4) is 0 Å². The molecule has 0 saturated heterocycles. The number of hydrogen-bond donors (Lipinski definition) is 2. The van der Waals surface area contributed by atoms with Crippen molar-refractivity contribution in [1.82, 2.24) is 24.3 Å². The van der Waals surface area contributed by atoms with Crippen molar-refractivity contribution in [2.24, 2.45) is 5.92 Å². The van der Waals surface area contributed by atoms with Gasteiger partial charge in [0, 0.05) is 16.7 Å². The zero-order chi connectivity index (χ0) is 25.4. The van der Waals surface area contributed by atoms with Gasteiger partial charge in [-0.2, -0.15) is 5.10 Å². The smallest absolute Gasteiger partial charge is 0.335 e. The van der Waals surface area contributed by atoms with Crippen molar-refractivity contribution < 1.29 is 14.6 Å². The third-order valence-electron chi connectivity index (χ3n) is 6.43. The molecule has 0 amide bonds. The minimum atomic E-state index is -0.980. The van der Waals surface area contributed by atoms with Crippen molar-refractivity contribution in [2.75, 3.05) is 12.3 Å². The summed E-state index contributed by atoms with van der Waals surface area (Å²) in [5.41, 5.74) is 10.2. The number of nitrogens with two attached hydrogens (primary N) is 1. The number of carbonyl (C=O) groups is 1. The minimum absolute atomic E-state index is 0.203. The Kier molecular flexibility index (Phi) is 6.70. The van der Waals surface area contributed by atoms with Crippen molar-refractivity contribution in [1.29, 1.82) is 0 Å². The maximum absolute atomic E-state index is 11.5. The van der Waals surface area contributed by atoms with E-state index in [1.165, 1.54) is 0 Å². The number of aromatic carboxylic acids is 1. The van der Waals surface area contributed by atoms with E-state index < -0.39 is 5.97 Å². The van der Waals surface area contributed by atoms with Gasteiger partial charge in [-0.3, -0.25) is 4.98 Å². The predicted molar refractivity (Wildman–Crippen MR) is 141 cm³/mol. The topological polar surface area (TPSA) is 121 Å². The fourth-order valence-electron chi connectivity index (χ4n) is 4.49. The number of ether oxygens (including phenoxy) is 1. The molecular formula is C26H29BrN6O3. The van der Waals surface area contributed by atoms with Gasteiger partial charge in [0.15, 0.2) is 0 Å². The van der Waals surface area contributed by atoms with Gasteiger partial charge in [-0.05, 0) is 68.9 Å². The first-order chi connectivity index (χ1) is 17.3. The van der Waals surface area contributed by atoms with Gasteiger partial charge in [0.25, 0.3) is 0 Å². The number of pyridine rings is 1. The Morgan fingerprint density at radius 2 is 2.08 bits per heavy atom. The lowest BCUT2D eigenvalue weighted by Gasteiger charge is -2.15. The van der Waals surface area contributed by atoms with Crippen LogP contribution in [-0.2, 0) is 6.54 Å². The quantitative estimate of drug-likeness (QED) is 0.250. The third kappa shape index (κ3) is 5.09. The molecule has 3 aromatic heterocycles. The number of anilines is 1. The van der Waals surface area contributed by atoms with E-state index >= 15 is 0 Å². The summed E-state index contributed by atoms with van der Waals surface area (Å²) in [7, 11) is 0. The zero-order valence-corrected chi connectivity index (χ0v) is 21.9. The van der Waals surface area contributed by atoms with Gasteiger partial charge in [0.1, 0.15) is 0 Å². The summed E-state index contributed by atoms with van der Waals surface area (Å²) < 4.78 is 11.2. The summed E-state index contributed by atoms with van der Waals surface area (Å²) in [5.74, 6) is 0.577. The Morgan fingerprint density at radius 3 is 2.83 bits per heavy atom. The minimum Gasteiger partial charge on any atom is -0.478 e. The van der Waals surface area contributed by atoms with Crippen LogP contribution >= 0.6 is 15.9 Å². The van der Waals surface area contributed by atoms with Crippen molar-refractivity contribution >= 4 is 38.9 Å². The maximum Gasteiger partial charge on any atom is 0.335 e. The molecule has 1 atom stereocenters. The normalized spacial score (nSPS) is 14.3. The van der Waals surface area contributed by atoms with E-state index in [1.807, 2.05) is 22.9 Å². The van der Waals surface area contributed by atoms with Crippen LogP contribution in [0.4, 0.5) is 5.95 Å². The molecule has 1 aliphatic rings. The average molecular weight is 553 g/mol. The second-order valence-corrected chi connectivity index (χ2v) is 10.5. The van der Waals surface area contributed by atoms with E-state index in [4.69, 9.17) is 10.5 Å². The number of halogens is 1. The Balaban J connectivity index is 1.26. The molecule has 1 aliphatic carbocycles. The number of imidazole rings is 1. The molecule has 0 aliphatic heterocycles. The number of benzene rings is 1. The lowest BCUT2D eigenvalue weighted by molar-refractivity contribution is 0.0696. The van der Waals surface area contributed by atoms with Gasteiger partial charge in [-0.1, -0.05) is 22.9 Å². The highest BCUT2D eigenvalue weighted by molar-refractivity contribution is 9.10. The second-order valence-electron chi connectivity index (χ2n) is 9.54. The lowest BCUT2D eigenvalue weighted by atomic mass is 10.1. The van der Waals surface area contributed by atoms with E-state index in [0.29, 0.717) is 41.8 Å². The van der Waals surface area contributed by atoms with Crippen molar-refractivity contribution in [3.63, 3.8) is 0 Å². The molecule has 4 aromatic rings. The molecule has 0 bridgehead atoms. The van der Waals surface area contributed by atoms with Crippen LogP contribution in [0.15, 0.2) is 41.0 Å². The number of rotatable bonds is 10. The van der Waals surface area contributed by atoms with Crippen LogP contribution in [0.25, 0.3) is 22.3 Å². The summed E-state index contributed by atoms with van der Waals surface area (Å²) in [4.78, 5) is 20.6. The van der Waals surface area contributed by atoms with Crippen molar-refractivity contribution in [2.45, 2.75) is 52.1 Å². The number of carboxylic acids is 1. The van der Waals surface area contributed by atoms with Crippen LogP contribution in [-0.4, -0.2) is 42.0 Å². The fourth-order valence-corrected chi connectivity index (χ4v) is 4.84. The van der Waals surface area contributed by atoms with Crippen molar-refractivity contribution in [3.8, 4) is 17.1 Å². The molecule has 0 radical (unpaired) electrons. The largest absolute Gasteiger partial charge is 0.478 e. The highest BCUT2D eigenvalue weighted by Gasteiger charge is 2.30. The fraction of sp³-hybridized carbons (Fsp3) is 0.385. The molecule has 3 N–H and O–H groups in total. The lowest BCUT2D eigenvalue weighted by Crippen LogP contribution is -2.12. The number of aryl methyl sites for hydroxylation is 1. The highest BCUT2D eigenvalue weighted by atomic mass is 79.9. The summed E-state index contributed by atoms with van der Waals surface area (Å²) in [6.07, 6.45) is 5.66. The van der Waals surface area contributed by atoms with Crippen LogP contribution in [0, 0.1) is 12.8 Å². The van der Waals surface area contributed by atoms with Gasteiger partial charge < -0.3 is 20.1 Å². The third-order valence-corrected chi connectivity index (χ3v) is 6.93. The average Bonchev–Trinajstić information content (AvgIpc) is 3.52. The molecule has 36 heavy (non-hydrogen) atoms. The monoisotopic (exact) mass is 552 g/mol. The van der Waals surface area contributed by atoms with Crippen LogP contribution in [0.2, 0.25) is 0 Å². The SMILES string of the molecule is Cc1cc(C(=O)O)cc(-c2cnn(C3CC3)c2OCCC[C@@H](C)Cn2c(N)nc3ccc(Br)cc32)n1. The first-order valence-corrected chi connectivity index (χ1v) is 12.9. The second kappa shape index (κ2) is 9.93. The number of hydrogen-bond acceptors (Lipinski definition) is 6. The Hall–Kier alpha value is -3.40. The molecule has 1 saturated carbocycles. The van der Waals surface area contributed by atoms with Crippen LogP contribution in [0.1, 0.15) is 54.7 Å². The number of fused-ring (bicyclic) bond motifs is 1. The predicted octanol–water partition coefficient (Wildman–Crippen LogP) is 5.48. The molecule has 3 heterocycles. The molecule has 5 rings (SSSR count). The molecule has 0 unspecified atom stereocenters. The number of nitrogen functional groups attached to an aromatic ring is 1. The standard InChI is InChI=1S/C26H29BrN6O3/c1-15(14-32-23-12-18(27)5-8-21(23)31-26(32)28)4-3-9-36-24-20(13-29-33(24)19-6-7-19)22-11-17(25(34)35)10-16(2)30-22/h5,8,10-13,15,19H,3-4,6-7,9,14H2,1-2H3,(H2,28,31)(H,34,35)/t15-/m1/s1. The van der Waals surface area contributed by atoms with Crippen molar-refractivity contribution in [3.05, 3.63) is 52.3 Å². The first-order valence-electron chi connectivity index (χ1n) is 12.1. The molecule has 1 fully saturated rings. The van der Waals surface area contributed by atoms with Gasteiger partial charge in [0.05, 0.1) is 46.7 Å². The van der Waals surface area contributed by atoms with Gasteiger partial charge in [0.2, 0.25) is 11.8 Å². The Labute approximate surface area is 217 Å². The van der Waals surface area contributed by atoms with E-state index in [9.17, 15) is 9.90 Å². The molecular weight excluding hydrogens is 524 g/mol. The van der Waals surface area contributed by atoms with Gasteiger partial charge >= 0.3 is 5.97 Å². The summed E-state index contributed by atoms with van der Waals surface area (Å²) in [5, 5.41) is 14.0. The molecule has 0 spiro atoms. The molecule has 9 nitrogen and oxygen atoms in total. The number of nitrogens with zero attached hydrogens (tertiary/aromatic N) is 5. The van der Waals surface area contributed by atoms with Crippen LogP contribution < -0.4 is 10.5 Å². The van der Waals surface area contributed by atoms with Gasteiger partial charge in [-0.25, -0.2) is 14.5 Å². The Morgan fingerprint density at radius 1 is 1.28 bits per heavy atom. The van der Waals surface area contributed by atoms with E-state index in [2.05, 4.69) is 42.5 Å². The van der Waals surface area contributed by atoms with E-state index in [-0.39, 0.29) is 5.56 Å². The van der Waals surface area contributed by atoms with E-state index in [1.54, 1.807) is 25.3 Å². The number of aromatic nitrogens is 5. The highest BCUT2D eigenvalue weighted by Crippen LogP contribution is 2.41. The maximum atomic E-state index is 11.5. The summed E-state index contributed by atoms with van der Waals surface area (Å²) >= 11 is 3.53. The summed E-state index contributed by atoms with van der Waals surface area (Å²) in [6.45, 7) is 5.29. The Bertz CT molecular complexity index is 1420. The zero-order valence-electron chi connectivity index (χ0n) is 20.3. The molecule has 188 valence electrons.